The van der Waals surface area contributed by atoms with E-state index in [9.17, 15) is 9.59 Å². The van der Waals surface area contributed by atoms with Crippen molar-refractivity contribution in [2.75, 3.05) is 7.05 Å². The van der Waals surface area contributed by atoms with Crippen LogP contribution in [0.1, 0.15) is 63.0 Å². The summed E-state index contributed by atoms with van der Waals surface area (Å²) < 4.78 is 0. The quantitative estimate of drug-likeness (QED) is 0.708. The predicted molar refractivity (Wildman–Crippen MR) is 124 cm³/mol. The van der Waals surface area contributed by atoms with Crippen LogP contribution in [0.2, 0.25) is 0 Å². The van der Waals surface area contributed by atoms with Crippen molar-refractivity contribution in [3.05, 3.63) is 40.3 Å². The van der Waals surface area contributed by atoms with Crippen molar-refractivity contribution >= 4 is 29.7 Å². The lowest BCUT2D eigenvalue weighted by Gasteiger charge is -2.44. The lowest BCUT2D eigenvalue weighted by molar-refractivity contribution is -0.132. The fraction of sp³-hybridized carbons (Fsp3) is 0.600. The summed E-state index contributed by atoms with van der Waals surface area (Å²) >= 11 is 1.72. The summed E-state index contributed by atoms with van der Waals surface area (Å²) in [5, 5.41) is 3.72. The van der Waals surface area contributed by atoms with E-state index in [0.29, 0.717) is 17.2 Å². The van der Waals surface area contributed by atoms with Gasteiger partial charge in [0.15, 0.2) is 0 Å². The Balaban J connectivity index is 1.42. The van der Waals surface area contributed by atoms with Gasteiger partial charge in [-0.05, 0) is 62.1 Å². The van der Waals surface area contributed by atoms with Gasteiger partial charge in [-0.15, -0.1) is 11.8 Å². The van der Waals surface area contributed by atoms with Gasteiger partial charge in [0.2, 0.25) is 5.91 Å². The third-order valence-corrected chi connectivity index (χ3v) is 8.75. The fourth-order valence-electron chi connectivity index (χ4n) is 5.26. The molecule has 1 saturated heterocycles. The molecule has 3 fully saturated rings. The number of likely N-dealkylation sites (N-methyl/N-ethyl adjacent to an activating group) is 1. The lowest BCUT2D eigenvalue weighted by Crippen LogP contribution is -2.53. The summed E-state index contributed by atoms with van der Waals surface area (Å²) in [6.45, 7) is 4.33. The molecule has 1 N–H and O–H groups in total. The summed E-state index contributed by atoms with van der Waals surface area (Å²) in [7, 11) is 1.91. The molecule has 5 unspecified atom stereocenters. The minimum absolute atomic E-state index is 0.0260. The van der Waals surface area contributed by atoms with Crippen molar-refractivity contribution in [3.63, 3.8) is 0 Å². The Labute approximate surface area is 184 Å². The molecular weight excluding hydrogens is 392 g/mol. The monoisotopic (exact) mass is 426 g/mol. The number of nitrogens with one attached hydrogen (secondary N) is 1. The molecule has 1 aromatic rings. The molecule has 1 aromatic carbocycles. The van der Waals surface area contributed by atoms with E-state index in [1.54, 1.807) is 11.8 Å². The SMILES string of the molecule is Cc1ccccc1/C=C1\SC2CCC(C(=O)NC3CCCCC3C)CC2N(C)C1=O. The number of hydrogen-bond donors (Lipinski definition) is 1. The third-order valence-electron chi connectivity index (χ3n) is 7.35. The first kappa shape index (κ1) is 21.5. The largest absolute Gasteiger partial charge is 0.353 e. The summed E-state index contributed by atoms with van der Waals surface area (Å²) in [4.78, 5) is 28.8. The second-order valence-corrected chi connectivity index (χ2v) is 10.7. The van der Waals surface area contributed by atoms with E-state index >= 15 is 0 Å². The standard InChI is InChI=1S/C25H34N2O2S/c1-16-8-4-6-10-18(16)15-23-25(29)27(3)21-14-19(12-13-22(21)30-23)24(28)26-20-11-7-5-9-17(20)2/h4,6,8,10,15,17,19-22H,5,7,9,11-14H2,1-3H3,(H,26,28)/b23-15-. The van der Waals surface area contributed by atoms with Gasteiger partial charge in [0.25, 0.3) is 5.91 Å². The molecule has 5 atom stereocenters. The van der Waals surface area contributed by atoms with Crippen LogP contribution in [0, 0.1) is 18.8 Å². The zero-order chi connectivity index (χ0) is 21.3. The molecule has 2 amide bonds. The number of amides is 2. The van der Waals surface area contributed by atoms with Crippen LogP contribution in [-0.2, 0) is 9.59 Å². The summed E-state index contributed by atoms with van der Waals surface area (Å²) in [6.07, 6.45) is 9.54. The predicted octanol–water partition coefficient (Wildman–Crippen LogP) is 4.77. The Morgan fingerprint density at radius 3 is 2.70 bits per heavy atom. The van der Waals surface area contributed by atoms with Crippen molar-refractivity contribution in [1.82, 2.24) is 10.2 Å². The van der Waals surface area contributed by atoms with Crippen LogP contribution in [0.3, 0.4) is 0 Å². The Hall–Kier alpha value is -1.75. The van der Waals surface area contributed by atoms with Gasteiger partial charge >= 0.3 is 0 Å². The molecule has 4 nitrogen and oxygen atoms in total. The van der Waals surface area contributed by atoms with Gasteiger partial charge in [-0.2, -0.15) is 0 Å². The average molecular weight is 427 g/mol. The number of benzene rings is 1. The van der Waals surface area contributed by atoms with Crippen molar-refractivity contribution in [2.45, 2.75) is 76.1 Å². The average Bonchev–Trinajstić information content (AvgIpc) is 2.74. The van der Waals surface area contributed by atoms with E-state index in [0.717, 1.165) is 36.2 Å². The zero-order valence-corrected chi connectivity index (χ0v) is 19.2. The molecule has 0 aromatic heterocycles. The van der Waals surface area contributed by atoms with E-state index in [1.165, 1.54) is 24.8 Å². The molecule has 4 rings (SSSR count). The Morgan fingerprint density at radius 2 is 1.93 bits per heavy atom. The van der Waals surface area contributed by atoms with Gasteiger partial charge in [0, 0.05) is 30.3 Å². The van der Waals surface area contributed by atoms with Gasteiger partial charge in [0.05, 0.1) is 4.91 Å². The number of fused-ring (bicyclic) bond motifs is 1. The van der Waals surface area contributed by atoms with Crippen LogP contribution in [-0.4, -0.2) is 41.1 Å². The van der Waals surface area contributed by atoms with Crippen molar-refractivity contribution < 1.29 is 9.59 Å². The highest BCUT2D eigenvalue weighted by molar-refractivity contribution is 8.04. The van der Waals surface area contributed by atoms with Gasteiger partial charge < -0.3 is 10.2 Å². The molecule has 2 aliphatic carbocycles. The van der Waals surface area contributed by atoms with Crippen LogP contribution in [0.25, 0.3) is 6.08 Å². The van der Waals surface area contributed by atoms with Crippen LogP contribution < -0.4 is 5.32 Å². The van der Waals surface area contributed by atoms with E-state index in [-0.39, 0.29) is 23.8 Å². The minimum atomic E-state index is 0.0260. The van der Waals surface area contributed by atoms with Crippen LogP contribution in [0.5, 0.6) is 0 Å². The van der Waals surface area contributed by atoms with Crippen molar-refractivity contribution in [2.24, 2.45) is 11.8 Å². The lowest BCUT2D eigenvalue weighted by atomic mass is 9.82. The number of hydrogen-bond acceptors (Lipinski definition) is 3. The van der Waals surface area contributed by atoms with Gasteiger partial charge in [-0.25, -0.2) is 0 Å². The normalized spacial score (nSPS) is 33.3. The van der Waals surface area contributed by atoms with Gasteiger partial charge in [-0.3, -0.25) is 9.59 Å². The molecule has 1 heterocycles. The molecule has 2 saturated carbocycles. The maximum absolute atomic E-state index is 13.1. The molecule has 0 bridgehead atoms. The zero-order valence-electron chi connectivity index (χ0n) is 18.4. The topological polar surface area (TPSA) is 49.4 Å². The first-order chi connectivity index (χ1) is 14.4. The third kappa shape index (κ3) is 4.46. The van der Waals surface area contributed by atoms with Crippen LogP contribution >= 0.6 is 11.8 Å². The Bertz CT molecular complexity index is 836. The molecular formula is C25H34N2O2S. The molecule has 3 aliphatic rings. The van der Waals surface area contributed by atoms with Gasteiger partial charge in [0.1, 0.15) is 0 Å². The maximum atomic E-state index is 13.1. The molecule has 1 aliphatic heterocycles. The van der Waals surface area contributed by atoms with Crippen molar-refractivity contribution in [3.8, 4) is 0 Å². The number of rotatable bonds is 3. The first-order valence-corrected chi connectivity index (χ1v) is 12.3. The van der Waals surface area contributed by atoms with E-state index in [1.807, 2.05) is 30.2 Å². The van der Waals surface area contributed by atoms with Crippen molar-refractivity contribution in [1.29, 1.82) is 0 Å². The highest BCUT2D eigenvalue weighted by Crippen LogP contribution is 2.43. The van der Waals surface area contributed by atoms with E-state index in [2.05, 4.69) is 31.3 Å². The number of carbonyl (C=O) groups is 2. The van der Waals surface area contributed by atoms with Gasteiger partial charge in [-0.1, -0.05) is 44.0 Å². The van der Waals surface area contributed by atoms with Crippen LogP contribution in [0.4, 0.5) is 0 Å². The molecule has 30 heavy (non-hydrogen) atoms. The Morgan fingerprint density at radius 1 is 1.17 bits per heavy atom. The highest BCUT2D eigenvalue weighted by atomic mass is 32.2. The maximum Gasteiger partial charge on any atom is 0.260 e. The molecule has 0 radical (unpaired) electrons. The molecule has 5 heteroatoms. The highest BCUT2D eigenvalue weighted by Gasteiger charge is 2.43. The molecule has 0 spiro atoms. The van der Waals surface area contributed by atoms with E-state index in [4.69, 9.17) is 0 Å². The summed E-state index contributed by atoms with van der Waals surface area (Å²) in [5.74, 6) is 0.895. The number of nitrogens with zero attached hydrogens (tertiary/aromatic N) is 1. The smallest absolute Gasteiger partial charge is 0.260 e. The number of carbonyl (C=O) groups excluding carboxylic acids is 2. The fourth-order valence-corrected chi connectivity index (χ4v) is 6.73. The summed E-state index contributed by atoms with van der Waals surface area (Å²) in [6, 6.07) is 8.65. The molecule has 162 valence electrons. The Kier molecular flexibility index (Phi) is 6.57. The summed E-state index contributed by atoms with van der Waals surface area (Å²) in [5.41, 5.74) is 2.29. The first-order valence-electron chi connectivity index (χ1n) is 11.5. The van der Waals surface area contributed by atoms with Crippen LogP contribution in [0.15, 0.2) is 29.2 Å². The minimum Gasteiger partial charge on any atom is -0.353 e. The van der Waals surface area contributed by atoms with E-state index < -0.39 is 0 Å². The second kappa shape index (κ2) is 9.17. The number of thioether (sulfide) groups is 1. The number of aryl methyl sites for hydroxylation is 1. The second-order valence-electron chi connectivity index (χ2n) is 9.39.